The molecule has 8 nitrogen and oxygen atoms in total. The van der Waals surface area contributed by atoms with E-state index < -0.39 is 0 Å². The Morgan fingerprint density at radius 3 is 2.54 bits per heavy atom. The van der Waals surface area contributed by atoms with E-state index in [0.29, 0.717) is 44.5 Å². The second-order valence-electron chi connectivity index (χ2n) is 7.86. The fraction of sp³-hybridized carbons (Fsp3) is 0.417. The number of fused-ring (bicyclic) bond motifs is 1. The van der Waals surface area contributed by atoms with Crippen LogP contribution in [-0.4, -0.2) is 76.0 Å². The van der Waals surface area contributed by atoms with Crippen LogP contribution in [0.1, 0.15) is 6.42 Å². The number of nitrogens with zero attached hydrogens (tertiary/aromatic N) is 3. The van der Waals surface area contributed by atoms with E-state index in [2.05, 4.69) is 4.90 Å². The zero-order valence-electron chi connectivity index (χ0n) is 19.6. The molecule has 1 fully saturated rings. The van der Waals surface area contributed by atoms with Gasteiger partial charge in [-0.2, -0.15) is 0 Å². The fourth-order valence-electron chi connectivity index (χ4n) is 3.80. The Bertz CT molecular complexity index is 1130. The summed E-state index contributed by atoms with van der Waals surface area (Å²) in [7, 11) is 3.20. The molecule has 11 heteroatoms. The van der Waals surface area contributed by atoms with Gasteiger partial charge >= 0.3 is 0 Å². The van der Waals surface area contributed by atoms with E-state index in [0.717, 1.165) is 44.0 Å². The van der Waals surface area contributed by atoms with Gasteiger partial charge in [0.15, 0.2) is 11.7 Å². The van der Waals surface area contributed by atoms with Crippen LogP contribution < -0.4 is 19.1 Å². The number of aromatic nitrogens is 1. The molecule has 2 heterocycles. The van der Waals surface area contributed by atoms with Crippen LogP contribution in [0.2, 0.25) is 10.0 Å². The summed E-state index contributed by atoms with van der Waals surface area (Å²) < 4.78 is 23.0. The van der Waals surface area contributed by atoms with Gasteiger partial charge in [-0.1, -0.05) is 34.5 Å². The van der Waals surface area contributed by atoms with E-state index in [1.54, 1.807) is 43.4 Å². The molecule has 0 atom stereocenters. The number of rotatable bonds is 10. The van der Waals surface area contributed by atoms with Crippen LogP contribution in [0.3, 0.4) is 0 Å². The van der Waals surface area contributed by atoms with Crippen molar-refractivity contribution in [3.63, 3.8) is 0 Å². The highest BCUT2D eigenvalue weighted by atomic mass is 35.5. The summed E-state index contributed by atoms with van der Waals surface area (Å²) in [6.07, 6.45) is 0.775. The Morgan fingerprint density at radius 2 is 1.83 bits per heavy atom. The number of amides is 1. The third-order valence-corrected chi connectivity index (χ3v) is 7.26. The Hall–Kier alpha value is -2.30. The lowest BCUT2D eigenvalue weighted by molar-refractivity contribution is -0.120. The van der Waals surface area contributed by atoms with Crippen LogP contribution in [-0.2, 0) is 9.53 Å². The minimum absolute atomic E-state index is 0.191. The summed E-state index contributed by atoms with van der Waals surface area (Å²) in [4.78, 5) is 22.1. The van der Waals surface area contributed by atoms with E-state index in [-0.39, 0.29) is 12.5 Å². The first-order valence-corrected chi connectivity index (χ1v) is 12.8. The van der Waals surface area contributed by atoms with Gasteiger partial charge in [-0.3, -0.25) is 14.6 Å². The number of benzene rings is 2. The zero-order chi connectivity index (χ0) is 24.8. The normalized spacial score (nSPS) is 14.2. The van der Waals surface area contributed by atoms with Crippen molar-refractivity contribution in [3.8, 4) is 17.2 Å². The minimum atomic E-state index is -0.227. The lowest BCUT2D eigenvalue weighted by Crippen LogP contribution is -2.40. The van der Waals surface area contributed by atoms with Gasteiger partial charge in [0.1, 0.15) is 27.5 Å². The molecule has 1 aliphatic heterocycles. The monoisotopic (exact) mass is 539 g/mol. The molecule has 0 saturated carbocycles. The van der Waals surface area contributed by atoms with Gasteiger partial charge in [-0.25, -0.2) is 4.98 Å². The Kier molecular flexibility index (Phi) is 8.91. The Balaban J connectivity index is 1.56. The molecule has 188 valence electrons. The second-order valence-corrected chi connectivity index (χ2v) is 9.68. The van der Waals surface area contributed by atoms with Crippen molar-refractivity contribution in [2.45, 2.75) is 6.42 Å². The summed E-state index contributed by atoms with van der Waals surface area (Å²) in [6, 6.07) is 8.53. The summed E-state index contributed by atoms with van der Waals surface area (Å²) in [6.45, 7) is 4.39. The van der Waals surface area contributed by atoms with Gasteiger partial charge < -0.3 is 18.9 Å². The van der Waals surface area contributed by atoms with Crippen LogP contribution >= 0.6 is 34.5 Å². The topological polar surface area (TPSA) is 73.4 Å². The smallest absolute Gasteiger partial charge is 0.266 e. The number of morpholine rings is 1. The molecule has 1 saturated heterocycles. The first-order chi connectivity index (χ1) is 17.0. The first-order valence-electron chi connectivity index (χ1n) is 11.2. The van der Waals surface area contributed by atoms with Crippen LogP contribution in [0.4, 0.5) is 5.13 Å². The predicted molar refractivity (Wildman–Crippen MR) is 139 cm³/mol. The average Bonchev–Trinajstić information content (AvgIpc) is 3.31. The van der Waals surface area contributed by atoms with E-state index >= 15 is 0 Å². The summed E-state index contributed by atoms with van der Waals surface area (Å²) in [5.41, 5.74) is 0.652. The average molecular weight is 540 g/mol. The Morgan fingerprint density at radius 1 is 1.11 bits per heavy atom. The largest absolute Gasteiger partial charge is 0.495 e. The highest BCUT2D eigenvalue weighted by Crippen LogP contribution is 2.40. The lowest BCUT2D eigenvalue weighted by atomic mass is 10.3. The third-order valence-electron chi connectivity index (χ3n) is 5.64. The van der Waals surface area contributed by atoms with Crippen molar-refractivity contribution in [1.82, 2.24) is 9.88 Å². The van der Waals surface area contributed by atoms with Crippen molar-refractivity contribution >= 4 is 55.8 Å². The molecule has 0 N–H and O–H groups in total. The molecule has 35 heavy (non-hydrogen) atoms. The SMILES string of the molecule is COc1ccc(OC)c2sc(N(CCCN3CCOCC3)C(=O)COc3ccc(Cl)cc3Cl)nc12. The molecule has 0 bridgehead atoms. The molecule has 1 amide bonds. The predicted octanol–water partition coefficient (Wildman–Crippen LogP) is 4.75. The number of thiazole rings is 1. The lowest BCUT2D eigenvalue weighted by Gasteiger charge is -2.27. The van der Waals surface area contributed by atoms with Crippen molar-refractivity contribution in [2.24, 2.45) is 0 Å². The van der Waals surface area contributed by atoms with E-state index in [4.69, 9.17) is 47.1 Å². The number of hydrogen-bond acceptors (Lipinski definition) is 8. The van der Waals surface area contributed by atoms with Gasteiger partial charge in [0.05, 0.1) is 32.5 Å². The van der Waals surface area contributed by atoms with E-state index in [9.17, 15) is 4.79 Å². The van der Waals surface area contributed by atoms with Crippen LogP contribution in [0.5, 0.6) is 17.2 Å². The maximum absolute atomic E-state index is 13.4. The van der Waals surface area contributed by atoms with Crippen LogP contribution in [0, 0.1) is 0 Å². The van der Waals surface area contributed by atoms with Gasteiger partial charge in [0, 0.05) is 31.2 Å². The van der Waals surface area contributed by atoms with Crippen LogP contribution in [0.15, 0.2) is 30.3 Å². The quantitative estimate of drug-likeness (QED) is 0.367. The molecular weight excluding hydrogens is 513 g/mol. The number of methoxy groups -OCH3 is 2. The molecule has 2 aromatic carbocycles. The zero-order valence-corrected chi connectivity index (χ0v) is 21.9. The molecule has 0 aliphatic carbocycles. The number of carbonyl (C=O) groups is 1. The van der Waals surface area contributed by atoms with Crippen molar-refractivity contribution in [2.75, 3.05) is 65.1 Å². The molecule has 4 rings (SSSR count). The van der Waals surface area contributed by atoms with E-state index in [1.165, 1.54) is 11.3 Å². The summed E-state index contributed by atoms with van der Waals surface area (Å²) in [5, 5.41) is 1.40. The van der Waals surface area contributed by atoms with E-state index in [1.807, 2.05) is 6.07 Å². The summed E-state index contributed by atoms with van der Waals surface area (Å²) in [5.74, 6) is 1.46. The fourth-order valence-corrected chi connectivity index (χ4v) is 5.38. The molecule has 1 aliphatic rings. The van der Waals surface area contributed by atoms with Gasteiger partial charge in [0.2, 0.25) is 0 Å². The van der Waals surface area contributed by atoms with Crippen molar-refractivity contribution < 1.29 is 23.7 Å². The number of halogens is 2. The Labute approximate surface area is 218 Å². The van der Waals surface area contributed by atoms with Crippen LogP contribution in [0.25, 0.3) is 10.2 Å². The van der Waals surface area contributed by atoms with Gasteiger partial charge in [-0.05, 0) is 36.8 Å². The number of anilines is 1. The number of hydrogen-bond donors (Lipinski definition) is 0. The number of carbonyl (C=O) groups excluding carboxylic acids is 1. The molecule has 1 aromatic heterocycles. The standard InChI is InChI=1S/C24H27Cl2N3O5S/c1-31-19-6-7-20(32-2)23-22(19)27-24(35-23)29(9-3-8-28-10-12-33-13-11-28)21(30)15-34-18-5-4-16(25)14-17(18)26/h4-7,14H,3,8-13,15H2,1-2H3. The molecule has 0 radical (unpaired) electrons. The van der Waals surface area contributed by atoms with Crippen molar-refractivity contribution in [1.29, 1.82) is 0 Å². The van der Waals surface area contributed by atoms with Gasteiger partial charge in [0.25, 0.3) is 5.91 Å². The van der Waals surface area contributed by atoms with Crippen molar-refractivity contribution in [3.05, 3.63) is 40.4 Å². The molecule has 3 aromatic rings. The second kappa shape index (κ2) is 12.1. The molecular formula is C24H27Cl2N3O5S. The van der Waals surface area contributed by atoms with Gasteiger partial charge in [-0.15, -0.1) is 0 Å². The maximum atomic E-state index is 13.4. The molecule has 0 spiro atoms. The number of ether oxygens (including phenoxy) is 4. The maximum Gasteiger partial charge on any atom is 0.266 e. The molecule has 0 unspecified atom stereocenters. The first kappa shape index (κ1) is 25.8. The third kappa shape index (κ3) is 6.29. The summed E-state index contributed by atoms with van der Waals surface area (Å²) >= 11 is 13.6. The highest BCUT2D eigenvalue weighted by molar-refractivity contribution is 7.22. The highest BCUT2D eigenvalue weighted by Gasteiger charge is 2.24. The minimum Gasteiger partial charge on any atom is -0.495 e.